The first-order valence-corrected chi connectivity index (χ1v) is 10.9. The number of fused-ring (bicyclic) bond motifs is 2. The molecule has 0 saturated heterocycles. The first-order valence-electron chi connectivity index (χ1n) is 10.9. The minimum absolute atomic E-state index is 0.00506. The summed E-state index contributed by atoms with van der Waals surface area (Å²) in [6.45, 7) is 13.5. The maximum Gasteiger partial charge on any atom is 0.308 e. The molecule has 2 saturated carbocycles. The van der Waals surface area contributed by atoms with Crippen LogP contribution in [0.5, 0.6) is 5.75 Å². The van der Waals surface area contributed by atoms with Gasteiger partial charge in [-0.1, -0.05) is 53.7 Å². The Hall–Kier alpha value is -1.51. The van der Waals surface area contributed by atoms with Crippen LogP contribution in [0.25, 0.3) is 0 Å². The van der Waals surface area contributed by atoms with Crippen LogP contribution in [0.15, 0.2) is 24.3 Å². The minimum atomic E-state index is -0.0347. The Morgan fingerprint density at radius 1 is 1.14 bits per heavy atom. The number of rotatable bonds is 7. The Labute approximate surface area is 171 Å². The molecule has 0 radical (unpaired) electrons. The summed E-state index contributed by atoms with van der Waals surface area (Å²) >= 11 is 0. The molecule has 3 rings (SSSR count). The average molecular weight is 387 g/mol. The van der Waals surface area contributed by atoms with Crippen molar-refractivity contribution in [2.45, 2.75) is 73.3 Å². The Morgan fingerprint density at radius 3 is 2.36 bits per heavy atom. The van der Waals surface area contributed by atoms with E-state index < -0.39 is 0 Å². The molecular formula is C25H38O3. The molecular weight excluding hydrogens is 348 g/mol. The lowest BCUT2D eigenvalue weighted by molar-refractivity contribution is -0.165. The SMILES string of the molecule is COc1ccc(C[C@H]2[C@H]3CC[C@@](C)([C@@H]2OC(=O)[C@H](C)CC(C)C)C3(C)C)cc1. The first kappa shape index (κ1) is 21.2. The van der Waals surface area contributed by atoms with Crippen molar-refractivity contribution in [1.82, 2.24) is 0 Å². The van der Waals surface area contributed by atoms with Gasteiger partial charge in [-0.15, -0.1) is 0 Å². The van der Waals surface area contributed by atoms with Gasteiger partial charge in [-0.3, -0.25) is 4.79 Å². The van der Waals surface area contributed by atoms with E-state index in [1.54, 1.807) is 7.11 Å². The van der Waals surface area contributed by atoms with Crippen LogP contribution in [-0.4, -0.2) is 19.2 Å². The number of carbonyl (C=O) groups is 1. The number of methoxy groups -OCH3 is 1. The topological polar surface area (TPSA) is 35.5 Å². The molecule has 2 bridgehead atoms. The zero-order valence-electron chi connectivity index (χ0n) is 18.7. The Morgan fingerprint density at radius 2 is 1.79 bits per heavy atom. The van der Waals surface area contributed by atoms with Crippen molar-refractivity contribution in [3.8, 4) is 5.75 Å². The predicted octanol–water partition coefficient (Wildman–Crippen LogP) is 5.90. The molecule has 1 aromatic carbocycles. The Kier molecular flexibility index (Phi) is 5.85. The molecule has 0 aliphatic heterocycles. The standard InChI is InChI=1S/C25H38O3/c1-16(2)14-17(3)23(26)28-22-20(15-18-8-10-19(27-7)11-9-18)21-12-13-25(22,6)24(21,4)5/h8-11,16-17,20-22H,12-15H2,1-7H3/t17-,20+,21-,22-,25+/m1/s1. The number of carbonyl (C=O) groups excluding carboxylic acids is 1. The molecule has 28 heavy (non-hydrogen) atoms. The summed E-state index contributed by atoms with van der Waals surface area (Å²) in [6, 6.07) is 8.36. The van der Waals surface area contributed by atoms with Crippen LogP contribution in [0.3, 0.4) is 0 Å². The molecule has 2 aliphatic rings. The van der Waals surface area contributed by atoms with E-state index in [0.29, 0.717) is 17.8 Å². The molecule has 0 amide bonds. The van der Waals surface area contributed by atoms with Crippen molar-refractivity contribution in [2.75, 3.05) is 7.11 Å². The van der Waals surface area contributed by atoms with Gasteiger partial charge in [-0.25, -0.2) is 0 Å². The summed E-state index contributed by atoms with van der Waals surface area (Å²) in [5, 5.41) is 0. The number of hydrogen-bond donors (Lipinski definition) is 0. The van der Waals surface area contributed by atoms with Crippen LogP contribution in [0, 0.1) is 34.5 Å². The van der Waals surface area contributed by atoms with Crippen LogP contribution >= 0.6 is 0 Å². The summed E-state index contributed by atoms with van der Waals surface area (Å²) in [6.07, 6.45) is 4.24. The minimum Gasteiger partial charge on any atom is -0.497 e. The van der Waals surface area contributed by atoms with Gasteiger partial charge in [0.05, 0.1) is 13.0 Å². The number of hydrogen-bond acceptors (Lipinski definition) is 3. The Balaban J connectivity index is 1.82. The van der Waals surface area contributed by atoms with Gasteiger partial charge >= 0.3 is 5.97 Å². The zero-order valence-corrected chi connectivity index (χ0v) is 18.7. The van der Waals surface area contributed by atoms with Crippen molar-refractivity contribution in [1.29, 1.82) is 0 Å². The van der Waals surface area contributed by atoms with E-state index in [2.05, 4.69) is 46.8 Å². The van der Waals surface area contributed by atoms with Crippen LogP contribution < -0.4 is 4.74 Å². The van der Waals surface area contributed by atoms with Crippen molar-refractivity contribution in [3.63, 3.8) is 0 Å². The van der Waals surface area contributed by atoms with Gasteiger partial charge in [0.1, 0.15) is 11.9 Å². The molecule has 0 spiro atoms. The lowest BCUT2D eigenvalue weighted by atomic mass is 9.70. The van der Waals surface area contributed by atoms with Crippen LogP contribution in [-0.2, 0) is 16.0 Å². The van der Waals surface area contributed by atoms with Crippen molar-refractivity contribution < 1.29 is 14.3 Å². The smallest absolute Gasteiger partial charge is 0.308 e. The van der Waals surface area contributed by atoms with E-state index in [1.807, 2.05) is 19.1 Å². The molecule has 3 heteroatoms. The van der Waals surface area contributed by atoms with E-state index >= 15 is 0 Å². The highest BCUT2D eigenvalue weighted by molar-refractivity contribution is 5.72. The molecule has 0 heterocycles. The summed E-state index contributed by atoms with van der Waals surface area (Å²) in [5.41, 5.74) is 1.55. The predicted molar refractivity (Wildman–Crippen MR) is 113 cm³/mol. The van der Waals surface area contributed by atoms with Gasteiger partial charge in [0.2, 0.25) is 0 Å². The van der Waals surface area contributed by atoms with Gasteiger partial charge in [-0.05, 0) is 60.6 Å². The van der Waals surface area contributed by atoms with Crippen LogP contribution in [0.1, 0.15) is 66.4 Å². The average Bonchev–Trinajstić information content (AvgIpc) is 2.95. The van der Waals surface area contributed by atoms with Gasteiger partial charge in [0.25, 0.3) is 0 Å². The highest BCUT2D eigenvalue weighted by Gasteiger charge is 2.67. The lowest BCUT2D eigenvalue weighted by Crippen LogP contribution is -2.42. The maximum absolute atomic E-state index is 12.9. The fourth-order valence-corrected chi connectivity index (χ4v) is 6.05. The molecule has 1 aromatic rings. The monoisotopic (exact) mass is 386 g/mol. The second kappa shape index (κ2) is 7.72. The normalized spacial score (nSPS) is 31.8. The second-order valence-corrected chi connectivity index (χ2v) is 10.4. The first-order chi connectivity index (χ1) is 13.1. The van der Waals surface area contributed by atoms with Gasteiger partial charge in [0.15, 0.2) is 0 Å². The van der Waals surface area contributed by atoms with Crippen molar-refractivity contribution in [3.05, 3.63) is 29.8 Å². The zero-order chi connectivity index (χ0) is 20.7. The second-order valence-electron chi connectivity index (χ2n) is 10.4. The molecule has 0 aromatic heterocycles. The number of benzene rings is 1. The molecule has 0 N–H and O–H groups in total. The molecule has 5 atom stereocenters. The van der Waals surface area contributed by atoms with E-state index in [-0.39, 0.29) is 28.8 Å². The maximum atomic E-state index is 12.9. The summed E-state index contributed by atoms with van der Waals surface area (Å²) in [5.74, 6) is 2.32. The molecule has 2 fully saturated rings. The fourth-order valence-electron chi connectivity index (χ4n) is 6.05. The Bertz CT molecular complexity index is 690. The lowest BCUT2D eigenvalue weighted by Gasteiger charge is -2.40. The van der Waals surface area contributed by atoms with Gasteiger partial charge in [-0.2, -0.15) is 0 Å². The molecule has 0 unspecified atom stereocenters. The molecule has 3 nitrogen and oxygen atoms in total. The largest absolute Gasteiger partial charge is 0.497 e. The van der Waals surface area contributed by atoms with Crippen molar-refractivity contribution in [2.24, 2.45) is 34.5 Å². The summed E-state index contributed by atoms with van der Waals surface area (Å²) in [4.78, 5) is 12.9. The highest BCUT2D eigenvalue weighted by Crippen LogP contribution is 2.69. The van der Waals surface area contributed by atoms with E-state index in [4.69, 9.17) is 9.47 Å². The summed E-state index contributed by atoms with van der Waals surface area (Å²) in [7, 11) is 1.70. The fraction of sp³-hybridized carbons (Fsp3) is 0.720. The van der Waals surface area contributed by atoms with E-state index in [1.165, 1.54) is 12.0 Å². The van der Waals surface area contributed by atoms with Gasteiger partial charge < -0.3 is 9.47 Å². The number of ether oxygens (including phenoxy) is 2. The van der Waals surface area contributed by atoms with Crippen molar-refractivity contribution >= 4 is 5.97 Å². The number of esters is 1. The van der Waals surface area contributed by atoms with Gasteiger partial charge in [0, 0.05) is 11.3 Å². The molecule has 2 aliphatic carbocycles. The third-order valence-electron chi connectivity index (χ3n) is 8.01. The third-order valence-corrected chi connectivity index (χ3v) is 8.01. The van der Waals surface area contributed by atoms with E-state index in [9.17, 15) is 4.79 Å². The molecule has 156 valence electrons. The highest BCUT2D eigenvalue weighted by atomic mass is 16.5. The summed E-state index contributed by atoms with van der Waals surface area (Å²) < 4.78 is 11.6. The van der Waals surface area contributed by atoms with E-state index in [0.717, 1.165) is 25.0 Å². The van der Waals surface area contributed by atoms with Crippen LogP contribution in [0.4, 0.5) is 0 Å². The van der Waals surface area contributed by atoms with Crippen LogP contribution in [0.2, 0.25) is 0 Å². The quantitative estimate of drug-likeness (QED) is 0.547. The third kappa shape index (κ3) is 3.57.